The Balaban J connectivity index is 0.00000169. The predicted molar refractivity (Wildman–Crippen MR) is 53.9 cm³/mol. The molecule has 0 aromatic heterocycles. The molecule has 0 aromatic rings. The predicted octanol–water partition coefficient (Wildman–Crippen LogP) is 0.338. The van der Waals surface area contributed by atoms with Crippen LogP contribution in [-0.2, 0) is 13.6 Å². The van der Waals surface area contributed by atoms with Crippen molar-refractivity contribution >= 4 is 20.2 Å². The Bertz CT molecular complexity index is 218. The van der Waals surface area contributed by atoms with Crippen molar-refractivity contribution < 1.29 is 18.5 Å². The van der Waals surface area contributed by atoms with Crippen LogP contribution in [0.15, 0.2) is 0 Å². The first kappa shape index (κ1) is 14.3. The van der Waals surface area contributed by atoms with Gasteiger partial charge in [0, 0.05) is 6.04 Å². The molecule has 0 spiro atoms. The summed E-state index contributed by atoms with van der Waals surface area (Å²) in [6.07, 6.45) is 1.26. The molecule has 2 unspecified atom stereocenters. The number of phosphoric ester groups is 1. The monoisotopic (exact) mass is 246 g/mol. The van der Waals surface area contributed by atoms with Crippen molar-refractivity contribution in [2.45, 2.75) is 31.5 Å². The third-order valence-electron chi connectivity index (χ3n) is 1.78. The van der Waals surface area contributed by atoms with E-state index < -0.39 is 14.1 Å². The number of nitrogens with two attached hydrogens (primary N) is 2. The number of rotatable bonds is 0. The van der Waals surface area contributed by atoms with E-state index in [2.05, 4.69) is 9.05 Å². The number of halogens is 1. The molecule has 8 heteroatoms. The van der Waals surface area contributed by atoms with E-state index >= 15 is 0 Å². The van der Waals surface area contributed by atoms with Crippen LogP contribution < -0.4 is 11.5 Å². The lowest BCUT2D eigenvalue weighted by molar-refractivity contribution is 0.106. The molecule has 1 aliphatic heterocycles. The van der Waals surface area contributed by atoms with Gasteiger partial charge in [-0.3, -0.25) is 9.05 Å². The lowest BCUT2D eigenvalue weighted by atomic mass is 10.1. The van der Waals surface area contributed by atoms with Gasteiger partial charge < -0.3 is 16.4 Å². The largest absolute Gasteiger partial charge is 0.473 e. The van der Waals surface area contributed by atoms with Crippen LogP contribution in [0.1, 0.15) is 19.3 Å². The molecule has 1 saturated heterocycles. The zero-order valence-electron chi connectivity index (χ0n) is 7.67. The SMILES string of the molecule is Cl.NC1CCC[C@@H](N)OP(=O)(O)OC1. The molecule has 1 aliphatic rings. The van der Waals surface area contributed by atoms with Gasteiger partial charge in [0.05, 0.1) is 6.61 Å². The molecule has 0 saturated carbocycles. The average Bonchev–Trinajstić information content (AvgIpc) is 2.03. The van der Waals surface area contributed by atoms with Crippen molar-refractivity contribution in [2.24, 2.45) is 11.5 Å². The van der Waals surface area contributed by atoms with Crippen LogP contribution in [0.3, 0.4) is 0 Å². The molecule has 1 rings (SSSR count). The van der Waals surface area contributed by atoms with Crippen molar-refractivity contribution in [1.29, 1.82) is 0 Å². The van der Waals surface area contributed by atoms with E-state index in [0.717, 1.165) is 12.8 Å². The second-order valence-electron chi connectivity index (χ2n) is 3.10. The maximum Gasteiger partial charge on any atom is 0.473 e. The molecule has 0 amide bonds. The Labute approximate surface area is 89.0 Å². The van der Waals surface area contributed by atoms with Crippen LogP contribution in [0.2, 0.25) is 0 Å². The van der Waals surface area contributed by atoms with Gasteiger partial charge in [-0.25, -0.2) is 4.57 Å². The fraction of sp³-hybridized carbons (Fsp3) is 1.00. The van der Waals surface area contributed by atoms with Gasteiger partial charge in [0.2, 0.25) is 0 Å². The first-order valence-corrected chi connectivity index (χ1v) is 5.66. The van der Waals surface area contributed by atoms with Gasteiger partial charge in [-0.15, -0.1) is 12.4 Å². The average molecular weight is 247 g/mol. The lowest BCUT2D eigenvalue weighted by Gasteiger charge is -2.15. The molecule has 6 nitrogen and oxygen atoms in total. The Morgan fingerprint density at radius 2 is 2.00 bits per heavy atom. The molecule has 0 radical (unpaired) electrons. The van der Waals surface area contributed by atoms with Crippen molar-refractivity contribution in [3.63, 3.8) is 0 Å². The molecule has 3 atom stereocenters. The van der Waals surface area contributed by atoms with E-state index in [1.807, 2.05) is 0 Å². The van der Waals surface area contributed by atoms with Gasteiger partial charge in [0.15, 0.2) is 0 Å². The summed E-state index contributed by atoms with van der Waals surface area (Å²) in [4.78, 5) is 9.07. The summed E-state index contributed by atoms with van der Waals surface area (Å²) in [5.74, 6) is 0. The highest BCUT2D eigenvalue weighted by atomic mass is 35.5. The Hall–Kier alpha value is 0.320. The highest BCUT2D eigenvalue weighted by Gasteiger charge is 2.27. The van der Waals surface area contributed by atoms with E-state index in [1.54, 1.807) is 0 Å². The Morgan fingerprint density at radius 3 is 2.64 bits per heavy atom. The third-order valence-corrected chi connectivity index (χ3v) is 2.80. The van der Waals surface area contributed by atoms with Crippen LogP contribution in [0, 0.1) is 0 Å². The van der Waals surface area contributed by atoms with Crippen LogP contribution in [0.4, 0.5) is 0 Å². The van der Waals surface area contributed by atoms with E-state index in [-0.39, 0.29) is 25.1 Å². The summed E-state index contributed by atoms with van der Waals surface area (Å²) >= 11 is 0. The summed E-state index contributed by atoms with van der Waals surface area (Å²) in [7, 11) is -3.98. The van der Waals surface area contributed by atoms with Gasteiger partial charge >= 0.3 is 7.82 Å². The van der Waals surface area contributed by atoms with E-state index in [1.165, 1.54) is 0 Å². The summed E-state index contributed by atoms with van der Waals surface area (Å²) < 4.78 is 20.3. The highest BCUT2D eigenvalue weighted by molar-refractivity contribution is 7.47. The molecular weight excluding hydrogens is 231 g/mol. The standard InChI is InChI=1S/C6H15N2O4P.ClH/c7-5-2-1-3-6(8)12-13(9,10)11-4-5;/h5-6H,1-4,7-8H2,(H,9,10);1H/t5?,6-;/m0./s1. The zero-order chi connectivity index (χ0) is 9.90. The Kier molecular flexibility index (Phi) is 6.16. The normalized spacial score (nSPS) is 40.2. The fourth-order valence-electron chi connectivity index (χ4n) is 1.11. The summed E-state index contributed by atoms with van der Waals surface area (Å²) in [6.45, 7) is 0.0283. The third kappa shape index (κ3) is 5.26. The molecule has 0 aromatic carbocycles. The molecule has 86 valence electrons. The molecule has 5 N–H and O–H groups in total. The van der Waals surface area contributed by atoms with Crippen molar-refractivity contribution in [3.8, 4) is 0 Å². The molecular formula is C6H16ClN2O4P. The van der Waals surface area contributed by atoms with E-state index in [9.17, 15) is 4.57 Å². The smallest absolute Gasteiger partial charge is 0.326 e. The van der Waals surface area contributed by atoms with Gasteiger partial charge in [0.1, 0.15) is 6.23 Å². The Morgan fingerprint density at radius 1 is 1.36 bits per heavy atom. The summed E-state index contributed by atoms with van der Waals surface area (Å²) in [5.41, 5.74) is 11.0. The molecule has 0 bridgehead atoms. The number of phosphoric acid groups is 1. The van der Waals surface area contributed by atoms with E-state index in [0.29, 0.717) is 6.42 Å². The molecule has 1 heterocycles. The minimum atomic E-state index is -3.98. The van der Waals surface area contributed by atoms with Gasteiger partial charge in [-0.1, -0.05) is 0 Å². The molecule has 1 fully saturated rings. The zero-order valence-corrected chi connectivity index (χ0v) is 9.38. The van der Waals surface area contributed by atoms with Crippen LogP contribution >= 0.6 is 20.2 Å². The first-order chi connectivity index (χ1) is 5.99. The van der Waals surface area contributed by atoms with Crippen molar-refractivity contribution in [3.05, 3.63) is 0 Å². The minimum absolute atomic E-state index is 0. The second kappa shape index (κ2) is 6.02. The number of hydrogen-bond acceptors (Lipinski definition) is 5. The second-order valence-corrected chi connectivity index (χ2v) is 4.51. The van der Waals surface area contributed by atoms with Gasteiger partial charge in [0.25, 0.3) is 0 Å². The van der Waals surface area contributed by atoms with Crippen LogP contribution in [0.25, 0.3) is 0 Å². The van der Waals surface area contributed by atoms with E-state index in [4.69, 9.17) is 16.4 Å². The fourth-order valence-corrected chi connectivity index (χ4v) is 2.00. The maximum atomic E-state index is 11.1. The van der Waals surface area contributed by atoms with Gasteiger partial charge in [-0.2, -0.15) is 0 Å². The number of hydrogen-bond donors (Lipinski definition) is 3. The minimum Gasteiger partial charge on any atom is -0.326 e. The molecule has 14 heavy (non-hydrogen) atoms. The summed E-state index contributed by atoms with van der Waals surface area (Å²) in [5, 5.41) is 0. The van der Waals surface area contributed by atoms with Crippen LogP contribution in [0.5, 0.6) is 0 Å². The quantitative estimate of drug-likeness (QED) is 0.532. The topological polar surface area (TPSA) is 108 Å². The maximum absolute atomic E-state index is 11.1. The van der Waals surface area contributed by atoms with Crippen molar-refractivity contribution in [1.82, 2.24) is 0 Å². The summed E-state index contributed by atoms with van der Waals surface area (Å²) in [6, 6.07) is -0.227. The highest BCUT2D eigenvalue weighted by Crippen LogP contribution is 2.45. The lowest BCUT2D eigenvalue weighted by Crippen LogP contribution is -2.25. The first-order valence-electron chi connectivity index (χ1n) is 4.16. The van der Waals surface area contributed by atoms with Gasteiger partial charge in [-0.05, 0) is 19.3 Å². The molecule has 0 aliphatic carbocycles. The van der Waals surface area contributed by atoms with Crippen molar-refractivity contribution in [2.75, 3.05) is 6.61 Å². The van der Waals surface area contributed by atoms with Crippen LogP contribution in [-0.4, -0.2) is 23.8 Å².